The Kier molecular flexibility index (Phi) is 4.86. The molecule has 3 N–H and O–H groups in total. The summed E-state index contributed by atoms with van der Waals surface area (Å²) in [6.07, 6.45) is 3.48. The van der Waals surface area contributed by atoms with E-state index in [4.69, 9.17) is 5.73 Å². The number of aliphatic carboxylic acids is 1. The standard InChI is InChI=1S/C21H22N6O4S/c22-15-6-8-25(12-15)27-18(10-19(28)29)24-17-11-23-21-16(20(17)27)7-9-26(21)32(30,31)13-14-4-2-1-3-5-14/h1-5,7,9,11,15H,6,8,10,12-13,22H2,(H,28,29)/t15-/m0/s1. The van der Waals surface area contributed by atoms with Crippen molar-refractivity contribution in [3.63, 3.8) is 0 Å². The van der Waals surface area contributed by atoms with Crippen LogP contribution >= 0.6 is 0 Å². The molecule has 0 aliphatic carbocycles. The molecule has 32 heavy (non-hydrogen) atoms. The third kappa shape index (κ3) is 3.49. The van der Waals surface area contributed by atoms with Crippen LogP contribution in [0.2, 0.25) is 0 Å². The summed E-state index contributed by atoms with van der Waals surface area (Å²) >= 11 is 0. The molecule has 1 aromatic carbocycles. The van der Waals surface area contributed by atoms with Gasteiger partial charge in [-0.15, -0.1) is 0 Å². The number of benzene rings is 1. The molecule has 0 saturated carbocycles. The summed E-state index contributed by atoms with van der Waals surface area (Å²) in [6.45, 7) is 1.20. The van der Waals surface area contributed by atoms with Gasteiger partial charge >= 0.3 is 5.97 Å². The molecule has 0 spiro atoms. The summed E-state index contributed by atoms with van der Waals surface area (Å²) in [4.78, 5) is 20.3. The Bertz CT molecular complexity index is 1430. The molecule has 0 radical (unpaired) electrons. The van der Waals surface area contributed by atoms with E-state index in [2.05, 4.69) is 9.97 Å². The van der Waals surface area contributed by atoms with Crippen molar-refractivity contribution in [3.8, 4) is 0 Å². The highest BCUT2D eigenvalue weighted by Crippen LogP contribution is 2.28. The minimum Gasteiger partial charge on any atom is -0.481 e. The second-order valence-corrected chi connectivity index (χ2v) is 9.80. The number of carbonyl (C=O) groups is 1. The van der Waals surface area contributed by atoms with Gasteiger partial charge in [0.1, 0.15) is 23.3 Å². The summed E-state index contributed by atoms with van der Waals surface area (Å²) < 4.78 is 29.2. The van der Waals surface area contributed by atoms with Crippen molar-refractivity contribution in [1.82, 2.24) is 18.6 Å². The lowest BCUT2D eigenvalue weighted by Crippen LogP contribution is -2.36. The van der Waals surface area contributed by atoms with Crippen LogP contribution in [0, 0.1) is 0 Å². The third-order valence-corrected chi connectivity index (χ3v) is 7.22. The normalized spacial score (nSPS) is 16.9. The number of imidazole rings is 1. The minimum absolute atomic E-state index is 0.0293. The summed E-state index contributed by atoms with van der Waals surface area (Å²) in [6, 6.07) is 10.6. The number of aromatic nitrogens is 4. The van der Waals surface area contributed by atoms with E-state index in [9.17, 15) is 18.3 Å². The molecule has 0 amide bonds. The first kappa shape index (κ1) is 20.5. The van der Waals surface area contributed by atoms with Crippen LogP contribution in [-0.4, -0.2) is 57.2 Å². The summed E-state index contributed by atoms with van der Waals surface area (Å²) in [5.74, 6) is -0.810. The van der Waals surface area contributed by atoms with Crippen molar-refractivity contribution in [2.75, 3.05) is 18.1 Å². The first-order valence-electron chi connectivity index (χ1n) is 10.2. The third-order valence-electron chi connectivity index (χ3n) is 5.63. The average Bonchev–Trinajstić information content (AvgIpc) is 3.43. The largest absolute Gasteiger partial charge is 0.481 e. The van der Waals surface area contributed by atoms with Crippen LogP contribution in [0.5, 0.6) is 0 Å². The number of nitrogens with two attached hydrogens (primary N) is 1. The number of nitrogens with zero attached hydrogens (tertiary/aromatic N) is 5. The van der Waals surface area contributed by atoms with E-state index in [0.29, 0.717) is 40.9 Å². The molecule has 4 aromatic rings. The number of hydrogen-bond acceptors (Lipinski definition) is 7. The molecular formula is C21H22N6O4S. The zero-order valence-electron chi connectivity index (χ0n) is 17.1. The van der Waals surface area contributed by atoms with Gasteiger partial charge in [0.2, 0.25) is 10.0 Å². The number of fused-ring (bicyclic) bond motifs is 3. The van der Waals surface area contributed by atoms with Crippen molar-refractivity contribution >= 4 is 38.1 Å². The van der Waals surface area contributed by atoms with E-state index in [0.717, 1.165) is 6.42 Å². The van der Waals surface area contributed by atoms with Crippen molar-refractivity contribution in [2.24, 2.45) is 5.73 Å². The fraction of sp³-hybridized carbons (Fsp3) is 0.286. The summed E-state index contributed by atoms with van der Waals surface area (Å²) in [5.41, 5.74) is 8.18. The number of pyridine rings is 1. The van der Waals surface area contributed by atoms with E-state index < -0.39 is 16.0 Å². The maximum atomic E-state index is 13.1. The van der Waals surface area contributed by atoms with Gasteiger partial charge in [-0.1, -0.05) is 30.3 Å². The fourth-order valence-corrected chi connectivity index (χ4v) is 5.65. The second-order valence-electron chi connectivity index (χ2n) is 7.95. The molecular weight excluding hydrogens is 432 g/mol. The molecule has 11 heteroatoms. The fourth-order valence-electron chi connectivity index (χ4n) is 4.24. The Labute approximate surface area is 183 Å². The summed E-state index contributed by atoms with van der Waals surface area (Å²) in [7, 11) is -3.72. The molecule has 166 valence electrons. The van der Waals surface area contributed by atoms with Gasteiger partial charge < -0.3 is 15.8 Å². The van der Waals surface area contributed by atoms with Crippen LogP contribution in [0.1, 0.15) is 17.8 Å². The predicted molar refractivity (Wildman–Crippen MR) is 119 cm³/mol. The zero-order valence-corrected chi connectivity index (χ0v) is 17.9. The van der Waals surface area contributed by atoms with Crippen LogP contribution in [0.15, 0.2) is 48.8 Å². The van der Waals surface area contributed by atoms with Crippen molar-refractivity contribution in [3.05, 3.63) is 60.2 Å². The van der Waals surface area contributed by atoms with Gasteiger partial charge in [0.15, 0.2) is 5.65 Å². The molecule has 1 fully saturated rings. The molecule has 5 rings (SSSR count). The molecule has 1 aliphatic heterocycles. The average molecular weight is 455 g/mol. The van der Waals surface area contributed by atoms with E-state index >= 15 is 0 Å². The second kappa shape index (κ2) is 7.61. The van der Waals surface area contributed by atoms with Gasteiger partial charge in [0.25, 0.3) is 0 Å². The Morgan fingerprint density at radius 3 is 2.69 bits per heavy atom. The summed E-state index contributed by atoms with van der Waals surface area (Å²) in [5, 5.41) is 11.9. The number of rotatable bonds is 6. The van der Waals surface area contributed by atoms with Crippen LogP contribution in [0.4, 0.5) is 0 Å². The first-order valence-corrected chi connectivity index (χ1v) is 11.8. The van der Waals surface area contributed by atoms with Crippen LogP contribution in [0.25, 0.3) is 22.1 Å². The van der Waals surface area contributed by atoms with Crippen LogP contribution in [-0.2, 0) is 27.0 Å². The maximum absolute atomic E-state index is 13.1. The number of carboxylic acid groups (broad SMARTS) is 1. The quantitative estimate of drug-likeness (QED) is 0.441. The lowest BCUT2D eigenvalue weighted by Gasteiger charge is -2.22. The molecule has 0 unspecified atom stereocenters. The van der Waals surface area contributed by atoms with Gasteiger partial charge in [-0.3, -0.25) is 4.79 Å². The van der Waals surface area contributed by atoms with Crippen molar-refractivity contribution in [1.29, 1.82) is 0 Å². The van der Waals surface area contributed by atoms with E-state index in [1.54, 1.807) is 35.0 Å². The highest BCUT2D eigenvalue weighted by atomic mass is 32.2. The molecule has 1 saturated heterocycles. The van der Waals surface area contributed by atoms with Gasteiger partial charge in [0.05, 0.1) is 11.9 Å². The van der Waals surface area contributed by atoms with E-state index in [-0.39, 0.29) is 23.9 Å². The first-order chi connectivity index (χ1) is 15.3. The Hall–Kier alpha value is -3.44. The lowest BCUT2D eigenvalue weighted by atomic mass is 10.2. The maximum Gasteiger partial charge on any atom is 0.311 e. The highest BCUT2D eigenvalue weighted by molar-refractivity contribution is 7.89. The topological polar surface area (TPSA) is 136 Å². The number of hydrogen-bond donors (Lipinski definition) is 2. The van der Waals surface area contributed by atoms with Gasteiger partial charge in [-0.25, -0.2) is 27.0 Å². The molecule has 4 heterocycles. The smallest absolute Gasteiger partial charge is 0.311 e. The molecule has 10 nitrogen and oxygen atoms in total. The molecule has 1 atom stereocenters. The Morgan fingerprint density at radius 1 is 1.22 bits per heavy atom. The van der Waals surface area contributed by atoms with Crippen LogP contribution < -0.4 is 10.7 Å². The Balaban J connectivity index is 1.68. The molecule has 3 aromatic heterocycles. The molecule has 1 aliphatic rings. The van der Waals surface area contributed by atoms with Gasteiger partial charge in [0, 0.05) is 30.7 Å². The van der Waals surface area contributed by atoms with E-state index in [1.165, 1.54) is 16.4 Å². The zero-order chi connectivity index (χ0) is 22.5. The van der Waals surface area contributed by atoms with Gasteiger partial charge in [-0.05, 0) is 18.1 Å². The Morgan fingerprint density at radius 2 is 2.00 bits per heavy atom. The number of carboxylic acids is 1. The van der Waals surface area contributed by atoms with Gasteiger partial charge in [-0.2, -0.15) is 0 Å². The van der Waals surface area contributed by atoms with Crippen molar-refractivity contribution in [2.45, 2.75) is 24.6 Å². The highest BCUT2D eigenvalue weighted by Gasteiger charge is 2.27. The van der Waals surface area contributed by atoms with Crippen LogP contribution in [0.3, 0.4) is 0 Å². The lowest BCUT2D eigenvalue weighted by molar-refractivity contribution is -0.136. The monoisotopic (exact) mass is 454 g/mol. The van der Waals surface area contributed by atoms with Crippen molar-refractivity contribution < 1.29 is 18.3 Å². The molecule has 0 bridgehead atoms. The van der Waals surface area contributed by atoms with E-state index in [1.807, 2.05) is 11.1 Å². The SMILES string of the molecule is N[C@H]1CCN(n2c(CC(=O)O)nc3cnc4c(ccn4S(=O)(=O)Cc4ccccc4)c32)C1. The minimum atomic E-state index is -3.72. The predicted octanol–water partition coefficient (Wildman–Crippen LogP) is 1.06.